The van der Waals surface area contributed by atoms with E-state index in [1.54, 1.807) is 11.3 Å². The number of amides is 1. The zero-order chi connectivity index (χ0) is 13.1. The number of rotatable bonds is 5. The van der Waals surface area contributed by atoms with E-state index in [-0.39, 0.29) is 18.1 Å². The number of nitrogens with one attached hydrogen (secondary N) is 1. The molecule has 1 fully saturated rings. The molecule has 1 aliphatic rings. The van der Waals surface area contributed by atoms with Crippen molar-refractivity contribution >= 4 is 17.2 Å². The Labute approximate surface area is 113 Å². The van der Waals surface area contributed by atoms with E-state index in [0.717, 1.165) is 19.4 Å². The van der Waals surface area contributed by atoms with Gasteiger partial charge in [-0.05, 0) is 34.7 Å². The molecule has 2 heterocycles. The van der Waals surface area contributed by atoms with Crippen molar-refractivity contribution in [2.45, 2.75) is 45.8 Å². The van der Waals surface area contributed by atoms with Crippen LogP contribution in [0.25, 0.3) is 0 Å². The summed E-state index contributed by atoms with van der Waals surface area (Å²) in [4.78, 5) is 14.4. The fraction of sp³-hybridized carbons (Fsp3) is 0.643. The molecule has 1 N–H and O–H groups in total. The van der Waals surface area contributed by atoms with Crippen molar-refractivity contribution in [1.82, 2.24) is 10.2 Å². The van der Waals surface area contributed by atoms with Gasteiger partial charge in [-0.1, -0.05) is 27.2 Å². The van der Waals surface area contributed by atoms with Crippen LogP contribution < -0.4 is 5.32 Å². The summed E-state index contributed by atoms with van der Waals surface area (Å²) in [6, 6.07) is 2.11. The first-order chi connectivity index (χ1) is 8.63. The Morgan fingerprint density at radius 2 is 2.28 bits per heavy atom. The lowest BCUT2D eigenvalue weighted by atomic mass is 10.1. The molecule has 2 rings (SSSR count). The van der Waals surface area contributed by atoms with Crippen molar-refractivity contribution in [3.8, 4) is 0 Å². The van der Waals surface area contributed by atoms with Crippen molar-refractivity contribution in [2.75, 3.05) is 6.54 Å². The van der Waals surface area contributed by atoms with Gasteiger partial charge in [-0.25, -0.2) is 0 Å². The van der Waals surface area contributed by atoms with Crippen molar-refractivity contribution in [3.63, 3.8) is 0 Å². The molecule has 18 heavy (non-hydrogen) atoms. The lowest BCUT2D eigenvalue weighted by Gasteiger charge is -2.25. The summed E-state index contributed by atoms with van der Waals surface area (Å²) in [5.74, 6) is 0.763. The van der Waals surface area contributed by atoms with Crippen LogP contribution in [0, 0.1) is 5.92 Å². The van der Waals surface area contributed by atoms with E-state index in [4.69, 9.17) is 0 Å². The zero-order valence-electron chi connectivity index (χ0n) is 11.3. The average molecular weight is 266 g/mol. The van der Waals surface area contributed by atoms with Crippen molar-refractivity contribution in [2.24, 2.45) is 5.92 Å². The number of nitrogens with zero attached hydrogens (tertiary/aromatic N) is 1. The number of carbonyl (C=O) groups is 1. The van der Waals surface area contributed by atoms with Crippen LogP contribution in [0.3, 0.4) is 0 Å². The van der Waals surface area contributed by atoms with Gasteiger partial charge in [0.2, 0.25) is 5.91 Å². The van der Waals surface area contributed by atoms with Gasteiger partial charge in [0.05, 0.1) is 6.04 Å². The van der Waals surface area contributed by atoms with Gasteiger partial charge in [-0.3, -0.25) is 10.1 Å². The van der Waals surface area contributed by atoms with E-state index < -0.39 is 0 Å². The van der Waals surface area contributed by atoms with Gasteiger partial charge in [-0.2, -0.15) is 11.3 Å². The Hall–Kier alpha value is -0.870. The largest absolute Gasteiger partial charge is 0.321 e. The maximum Gasteiger partial charge on any atom is 0.241 e. The van der Waals surface area contributed by atoms with Gasteiger partial charge in [0.15, 0.2) is 0 Å². The SMILES string of the molecule is CCCC1NC(c2ccsc2)N(CC(C)C)C1=O. The molecule has 0 radical (unpaired) electrons. The minimum absolute atomic E-state index is 0.00125. The lowest BCUT2D eigenvalue weighted by Crippen LogP contribution is -2.34. The highest BCUT2D eigenvalue weighted by molar-refractivity contribution is 7.07. The first-order valence-electron chi connectivity index (χ1n) is 6.72. The summed E-state index contributed by atoms with van der Waals surface area (Å²) in [5.41, 5.74) is 1.22. The Kier molecular flexibility index (Phi) is 4.40. The van der Waals surface area contributed by atoms with E-state index in [2.05, 4.69) is 42.9 Å². The van der Waals surface area contributed by atoms with Crippen LogP contribution in [0.2, 0.25) is 0 Å². The summed E-state index contributed by atoms with van der Waals surface area (Å²) in [5, 5.41) is 7.69. The van der Waals surface area contributed by atoms with Gasteiger partial charge in [0.25, 0.3) is 0 Å². The summed E-state index contributed by atoms with van der Waals surface area (Å²) in [6.45, 7) is 7.27. The second-order valence-corrected chi connectivity index (χ2v) is 6.13. The molecule has 3 nitrogen and oxygen atoms in total. The standard InChI is InChI=1S/C14H22N2OS/c1-4-5-12-14(17)16(8-10(2)3)13(15-12)11-6-7-18-9-11/h6-7,9-10,12-13,15H,4-5,8H2,1-3H3. The third-order valence-corrected chi connectivity index (χ3v) is 3.95. The fourth-order valence-electron chi connectivity index (χ4n) is 2.47. The molecular weight excluding hydrogens is 244 g/mol. The van der Waals surface area contributed by atoms with Crippen molar-refractivity contribution < 1.29 is 4.79 Å². The molecular formula is C14H22N2OS. The first kappa shape index (κ1) is 13.6. The van der Waals surface area contributed by atoms with E-state index >= 15 is 0 Å². The molecule has 0 saturated carbocycles. The highest BCUT2D eigenvalue weighted by Crippen LogP contribution is 2.29. The lowest BCUT2D eigenvalue weighted by molar-refractivity contribution is -0.130. The topological polar surface area (TPSA) is 32.3 Å². The van der Waals surface area contributed by atoms with Gasteiger partial charge in [0.1, 0.15) is 6.17 Å². The smallest absolute Gasteiger partial charge is 0.241 e. The second kappa shape index (κ2) is 5.85. The highest BCUT2D eigenvalue weighted by atomic mass is 32.1. The third-order valence-electron chi connectivity index (χ3n) is 3.25. The summed E-state index contributed by atoms with van der Waals surface area (Å²) < 4.78 is 0. The van der Waals surface area contributed by atoms with Crippen molar-refractivity contribution in [1.29, 1.82) is 0 Å². The van der Waals surface area contributed by atoms with E-state index in [0.29, 0.717) is 5.92 Å². The monoisotopic (exact) mass is 266 g/mol. The summed E-state index contributed by atoms with van der Waals surface area (Å²) in [7, 11) is 0. The average Bonchev–Trinajstić information content (AvgIpc) is 2.92. The molecule has 0 spiro atoms. The molecule has 0 aromatic carbocycles. The predicted molar refractivity (Wildman–Crippen MR) is 75.4 cm³/mol. The Bertz CT molecular complexity index is 389. The Morgan fingerprint density at radius 3 is 2.83 bits per heavy atom. The van der Waals surface area contributed by atoms with E-state index in [1.165, 1.54) is 5.56 Å². The molecule has 4 heteroatoms. The van der Waals surface area contributed by atoms with Gasteiger partial charge < -0.3 is 4.90 Å². The fourth-order valence-corrected chi connectivity index (χ4v) is 3.15. The third kappa shape index (κ3) is 2.75. The number of thiophene rings is 1. The molecule has 1 amide bonds. The zero-order valence-corrected chi connectivity index (χ0v) is 12.2. The van der Waals surface area contributed by atoms with Crippen LogP contribution in [0.5, 0.6) is 0 Å². The van der Waals surface area contributed by atoms with Crippen LogP contribution >= 0.6 is 11.3 Å². The molecule has 2 atom stereocenters. The van der Waals surface area contributed by atoms with Crippen LogP contribution in [0.4, 0.5) is 0 Å². The molecule has 0 bridgehead atoms. The van der Waals surface area contributed by atoms with Crippen LogP contribution in [-0.4, -0.2) is 23.4 Å². The minimum atomic E-state index is -0.00125. The molecule has 1 aromatic heterocycles. The van der Waals surface area contributed by atoms with Crippen LogP contribution in [0.1, 0.15) is 45.3 Å². The predicted octanol–water partition coefficient (Wildman–Crippen LogP) is 3.00. The normalized spacial score (nSPS) is 24.2. The van der Waals surface area contributed by atoms with Gasteiger partial charge in [0, 0.05) is 6.54 Å². The highest BCUT2D eigenvalue weighted by Gasteiger charge is 2.39. The molecule has 2 unspecified atom stereocenters. The number of hydrogen-bond donors (Lipinski definition) is 1. The Balaban J connectivity index is 2.18. The maximum atomic E-state index is 12.4. The summed E-state index contributed by atoms with van der Waals surface area (Å²) >= 11 is 1.69. The summed E-state index contributed by atoms with van der Waals surface area (Å²) in [6.07, 6.45) is 2.03. The Morgan fingerprint density at radius 1 is 1.50 bits per heavy atom. The molecule has 1 saturated heterocycles. The quantitative estimate of drug-likeness (QED) is 0.888. The second-order valence-electron chi connectivity index (χ2n) is 5.35. The minimum Gasteiger partial charge on any atom is -0.321 e. The molecule has 0 aliphatic carbocycles. The van der Waals surface area contributed by atoms with E-state index in [1.807, 2.05) is 4.90 Å². The van der Waals surface area contributed by atoms with Crippen molar-refractivity contribution in [3.05, 3.63) is 22.4 Å². The molecule has 100 valence electrons. The first-order valence-corrected chi connectivity index (χ1v) is 7.66. The molecule has 1 aromatic rings. The van der Waals surface area contributed by atoms with Gasteiger partial charge in [-0.15, -0.1) is 0 Å². The molecule has 1 aliphatic heterocycles. The maximum absolute atomic E-state index is 12.4. The number of carbonyl (C=O) groups excluding carboxylic acids is 1. The van der Waals surface area contributed by atoms with E-state index in [9.17, 15) is 4.79 Å². The van der Waals surface area contributed by atoms with Gasteiger partial charge >= 0.3 is 0 Å². The van der Waals surface area contributed by atoms with Crippen LogP contribution in [0.15, 0.2) is 16.8 Å². The van der Waals surface area contributed by atoms with Crippen LogP contribution in [-0.2, 0) is 4.79 Å². The number of hydrogen-bond acceptors (Lipinski definition) is 3.